The number of likely N-dealkylation sites (tertiary alicyclic amines) is 1. The van der Waals surface area contributed by atoms with Crippen molar-refractivity contribution in [3.05, 3.63) is 71.7 Å². The van der Waals surface area contributed by atoms with Crippen molar-refractivity contribution in [1.82, 2.24) is 20.2 Å². The van der Waals surface area contributed by atoms with Crippen LogP contribution in [0.4, 0.5) is 8.78 Å². The van der Waals surface area contributed by atoms with Crippen LogP contribution in [-0.2, 0) is 4.79 Å². The van der Waals surface area contributed by atoms with Crippen molar-refractivity contribution in [1.29, 1.82) is 5.26 Å². The molecule has 33 heavy (non-hydrogen) atoms. The van der Waals surface area contributed by atoms with Crippen LogP contribution in [0.15, 0.2) is 55.0 Å². The number of nitrogens with zero attached hydrogens (tertiary/aromatic N) is 4. The summed E-state index contributed by atoms with van der Waals surface area (Å²) in [7, 11) is 0. The summed E-state index contributed by atoms with van der Waals surface area (Å²) < 4.78 is 27.2. The first kappa shape index (κ1) is 22.0. The van der Waals surface area contributed by atoms with Crippen LogP contribution in [0.5, 0.6) is 0 Å². The maximum atomic E-state index is 13.6. The molecule has 1 N–H and O–H groups in total. The minimum absolute atomic E-state index is 0.299. The van der Waals surface area contributed by atoms with Crippen molar-refractivity contribution in [3.63, 3.8) is 0 Å². The Labute approximate surface area is 188 Å². The number of aromatic nitrogens is 2. The van der Waals surface area contributed by atoms with E-state index in [1.807, 2.05) is 30.4 Å². The molecule has 1 aromatic carbocycles. The zero-order valence-electron chi connectivity index (χ0n) is 17.4. The van der Waals surface area contributed by atoms with Gasteiger partial charge in [-0.2, -0.15) is 5.26 Å². The van der Waals surface area contributed by atoms with Crippen LogP contribution in [0.3, 0.4) is 0 Å². The van der Waals surface area contributed by atoms with Gasteiger partial charge < -0.3 is 10.2 Å². The molecule has 1 fully saturated rings. The van der Waals surface area contributed by atoms with Gasteiger partial charge in [-0.25, -0.2) is 8.78 Å². The van der Waals surface area contributed by atoms with E-state index >= 15 is 0 Å². The summed E-state index contributed by atoms with van der Waals surface area (Å²) in [5.74, 6) is -4.38. The Morgan fingerprint density at radius 2 is 2.03 bits per heavy atom. The van der Waals surface area contributed by atoms with Gasteiger partial charge in [-0.3, -0.25) is 19.6 Å². The molecule has 2 aromatic heterocycles. The largest absolute Gasteiger partial charge is 0.343 e. The fourth-order valence-electron chi connectivity index (χ4n) is 3.68. The molecule has 3 heterocycles. The molecule has 1 unspecified atom stereocenters. The number of amides is 2. The van der Waals surface area contributed by atoms with E-state index in [1.165, 1.54) is 12.3 Å². The normalized spacial score (nSPS) is 17.2. The number of fused-ring (bicyclic) bond motifs is 1. The van der Waals surface area contributed by atoms with Gasteiger partial charge in [0.15, 0.2) is 0 Å². The van der Waals surface area contributed by atoms with E-state index in [9.17, 15) is 18.4 Å². The number of carbonyl (C=O) groups is 2. The number of hydrogen-bond donors (Lipinski definition) is 1. The van der Waals surface area contributed by atoms with Crippen molar-refractivity contribution in [3.8, 4) is 6.07 Å². The fraction of sp³-hybridized carbons (Fsp3) is 0.208. The minimum atomic E-state index is -3.11. The van der Waals surface area contributed by atoms with E-state index < -0.39 is 43.3 Å². The zero-order valence-corrected chi connectivity index (χ0v) is 17.4. The van der Waals surface area contributed by atoms with Crippen LogP contribution in [-0.4, -0.2) is 51.7 Å². The summed E-state index contributed by atoms with van der Waals surface area (Å²) in [5, 5.41) is 12.1. The summed E-state index contributed by atoms with van der Waals surface area (Å²) >= 11 is 0. The second-order valence-electron chi connectivity index (χ2n) is 7.66. The number of alkyl halides is 2. The smallest absolute Gasteiger partial charge is 0.268 e. The van der Waals surface area contributed by atoms with E-state index in [4.69, 9.17) is 5.26 Å². The van der Waals surface area contributed by atoms with E-state index in [0.717, 1.165) is 16.0 Å². The van der Waals surface area contributed by atoms with Gasteiger partial charge in [0.1, 0.15) is 6.04 Å². The molecule has 3 aromatic rings. The Hall–Kier alpha value is -4.19. The highest BCUT2D eigenvalue weighted by Gasteiger charge is 2.47. The molecule has 7 nitrogen and oxygen atoms in total. The maximum Gasteiger partial charge on any atom is 0.268 e. The Morgan fingerprint density at radius 3 is 2.79 bits per heavy atom. The second kappa shape index (κ2) is 9.12. The molecular formula is C24H19F2N5O2. The Kier molecular flexibility index (Phi) is 6.09. The molecule has 1 aliphatic heterocycles. The van der Waals surface area contributed by atoms with E-state index in [2.05, 4.69) is 15.3 Å². The number of carbonyl (C=O) groups excluding carboxylic acids is 2. The van der Waals surface area contributed by atoms with Gasteiger partial charge in [-0.15, -0.1) is 0 Å². The number of benzene rings is 1. The molecular weight excluding hydrogens is 428 g/mol. The number of nitrogens with one attached hydrogen (secondary N) is 1. The molecule has 9 heteroatoms. The Balaban J connectivity index is 1.50. The molecule has 2 amide bonds. The standard InChI is InChI=1S/C24H19F2N5O2/c25-24(26)11-18(12-27)31(15-24)22(32)14-30-23(33)19-7-9-29-21-6-5-16(10-20(19)21)3-4-17-2-1-8-28-13-17/h1-10,13,18H,11,14-15H2,(H,30,33). The fourth-order valence-corrected chi connectivity index (χ4v) is 3.68. The average molecular weight is 447 g/mol. The molecule has 1 atom stereocenters. The number of nitriles is 1. The lowest BCUT2D eigenvalue weighted by Gasteiger charge is -2.19. The lowest BCUT2D eigenvalue weighted by Crippen LogP contribution is -2.43. The summed E-state index contributed by atoms with van der Waals surface area (Å²) in [5.41, 5.74) is 2.65. The topological polar surface area (TPSA) is 99.0 Å². The van der Waals surface area contributed by atoms with Crippen molar-refractivity contribution in [2.45, 2.75) is 18.4 Å². The SMILES string of the molecule is N#CC1CC(F)(F)CN1C(=O)CNC(=O)c1ccnc2ccc(C=Cc3cccnc3)cc12. The summed E-state index contributed by atoms with van der Waals surface area (Å²) in [6.07, 6.45) is 7.96. The minimum Gasteiger partial charge on any atom is -0.343 e. The summed E-state index contributed by atoms with van der Waals surface area (Å²) in [6.45, 7) is -1.32. The molecule has 1 aliphatic rings. The maximum absolute atomic E-state index is 13.6. The number of halogens is 2. The third kappa shape index (κ3) is 5.01. The Morgan fingerprint density at radius 1 is 1.21 bits per heavy atom. The van der Waals surface area contributed by atoms with Gasteiger partial charge in [0, 0.05) is 30.4 Å². The molecule has 166 valence electrons. The molecule has 0 bridgehead atoms. The molecule has 1 saturated heterocycles. The van der Waals surface area contributed by atoms with Crippen molar-refractivity contribution < 1.29 is 18.4 Å². The molecule has 0 saturated carbocycles. The molecule has 4 rings (SSSR count). The molecule has 0 aliphatic carbocycles. The van der Waals surface area contributed by atoms with Gasteiger partial charge in [0.25, 0.3) is 11.8 Å². The highest BCUT2D eigenvalue weighted by Crippen LogP contribution is 2.31. The van der Waals surface area contributed by atoms with Crippen LogP contribution < -0.4 is 5.32 Å². The van der Waals surface area contributed by atoms with Crippen LogP contribution in [0, 0.1) is 11.3 Å². The third-order valence-electron chi connectivity index (χ3n) is 5.30. The van der Waals surface area contributed by atoms with E-state index in [-0.39, 0.29) is 0 Å². The lowest BCUT2D eigenvalue weighted by molar-refractivity contribution is -0.131. The molecule has 0 radical (unpaired) electrons. The van der Waals surface area contributed by atoms with Gasteiger partial charge in [-0.1, -0.05) is 24.3 Å². The lowest BCUT2D eigenvalue weighted by atomic mass is 10.0. The molecule has 0 spiro atoms. The van der Waals surface area contributed by atoms with Gasteiger partial charge in [0.05, 0.1) is 30.2 Å². The highest BCUT2D eigenvalue weighted by atomic mass is 19.3. The number of rotatable bonds is 5. The summed E-state index contributed by atoms with van der Waals surface area (Å²) in [4.78, 5) is 34.3. The van der Waals surface area contributed by atoms with Crippen LogP contribution in [0.25, 0.3) is 23.1 Å². The Bertz CT molecular complexity index is 1270. The van der Waals surface area contributed by atoms with Crippen LogP contribution >= 0.6 is 0 Å². The van der Waals surface area contributed by atoms with Gasteiger partial charge in [0.2, 0.25) is 5.91 Å². The number of hydrogen-bond acceptors (Lipinski definition) is 5. The number of pyridine rings is 2. The zero-order chi connectivity index (χ0) is 23.4. The van der Waals surface area contributed by atoms with E-state index in [0.29, 0.717) is 16.5 Å². The first-order valence-electron chi connectivity index (χ1n) is 10.2. The van der Waals surface area contributed by atoms with Crippen LogP contribution in [0.2, 0.25) is 0 Å². The highest BCUT2D eigenvalue weighted by molar-refractivity contribution is 6.07. The quantitative estimate of drug-likeness (QED) is 0.647. The monoisotopic (exact) mass is 447 g/mol. The predicted octanol–water partition coefficient (Wildman–Crippen LogP) is 3.29. The van der Waals surface area contributed by atoms with Crippen molar-refractivity contribution in [2.24, 2.45) is 0 Å². The second-order valence-corrected chi connectivity index (χ2v) is 7.66. The predicted molar refractivity (Wildman–Crippen MR) is 118 cm³/mol. The first-order chi connectivity index (χ1) is 15.9. The van der Waals surface area contributed by atoms with Crippen LogP contribution in [0.1, 0.15) is 27.9 Å². The van der Waals surface area contributed by atoms with E-state index in [1.54, 1.807) is 30.6 Å². The summed E-state index contributed by atoms with van der Waals surface area (Å²) in [6, 6.07) is 11.2. The first-order valence-corrected chi connectivity index (χ1v) is 10.2. The van der Waals surface area contributed by atoms with Crippen molar-refractivity contribution >= 4 is 34.9 Å². The van der Waals surface area contributed by atoms with Crippen molar-refractivity contribution in [2.75, 3.05) is 13.1 Å². The van der Waals surface area contributed by atoms with Gasteiger partial charge >= 0.3 is 0 Å². The third-order valence-corrected chi connectivity index (χ3v) is 5.30. The van der Waals surface area contributed by atoms with Gasteiger partial charge in [-0.05, 0) is 35.4 Å². The average Bonchev–Trinajstić information content (AvgIpc) is 3.15.